The highest BCUT2D eigenvalue weighted by atomic mass is 32.2. The summed E-state index contributed by atoms with van der Waals surface area (Å²) in [5.74, 6) is -0.251. The van der Waals surface area contributed by atoms with Crippen molar-refractivity contribution in [1.82, 2.24) is 14.3 Å². The molecule has 4 heterocycles. The van der Waals surface area contributed by atoms with Gasteiger partial charge in [0.1, 0.15) is 21.6 Å². The number of thioether (sulfide) groups is 1. The molecule has 1 N–H and O–H groups in total. The predicted molar refractivity (Wildman–Crippen MR) is 134 cm³/mol. The number of pyridine rings is 1. The van der Waals surface area contributed by atoms with Gasteiger partial charge in [-0.05, 0) is 48.7 Å². The summed E-state index contributed by atoms with van der Waals surface area (Å²) < 4.78 is 20.7. The Labute approximate surface area is 204 Å². The third kappa shape index (κ3) is 4.61. The molecule has 1 amide bonds. The standard InChI is InChI=1S/C24H21FN4O3S2/c25-16-8-6-15(7-9-16)14-29-23(31)19(34-24(29)33)12-18-21(26-13-17-4-3-11-32-17)27-20-5-1-2-10-28(20)22(18)30/h1-2,5-10,12,17,26H,3-4,11,13-14H2/b19-12-. The summed E-state index contributed by atoms with van der Waals surface area (Å²) >= 11 is 6.56. The Morgan fingerprint density at radius 3 is 2.82 bits per heavy atom. The highest BCUT2D eigenvalue weighted by Gasteiger charge is 2.32. The van der Waals surface area contributed by atoms with E-state index in [4.69, 9.17) is 17.0 Å². The lowest BCUT2D eigenvalue weighted by atomic mass is 10.2. The van der Waals surface area contributed by atoms with Crippen LogP contribution in [0.25, 0.3) is 11.7 Å². The maximum Gasteiger partial charge on any atom is 0.267 e. The van der Waals surface area contributed by atoms with Crippen LogP contribution in [0.1, 0.15) is 24.0 Å². The Bertz CT molecular complexity index is 1350. The first-order chi connectivity index (χ1) is 16.5. The normalized spacial score (nSPS) is 19.5. The first-order valence-corrected chi connectivity index (χ1v) is 12.1. The highest BCUT2D eigenvalue weighted by molar-refractivity contribution is 8.26. The van der Waals surface area contributed by atoms with Crippen LogP contribution < -0.4 is 10.9 Å². The number of nitrogens with one attached hydrogen (secondary N) is 1. The summed E-state index contributed by atoms with van der Waals surface area (Å²) in [5.41, 5.74) is 1.25. The van der Waals surface area contributed by atoms with Gasteiger partial charge in [0.05, 0.1) is 23.1 Å². The minimum Gasteiger partial charge on any atom is -0.376 e. The van der Waals surface area contributed by atoms with E-state index in [1.54, 1.807) is 36.5 Å². The zero-order valence-electron chi connectivity index (χ0n) is 18.1. The van der Waals surface area contributed by atoms with Crippen molar-refractivity contribution in [3.8, 4) is 0 Å². The number of benzene rings is 1. The fourth-order valence-corrected chi connectivity index (χ4v) is 5.16. The van der Waals surface area contributed by atoms with Crippen LogP contribution in [0.2, 0.25) is 0 Å². The number of fused-ring (bicyclic) bond motifs is 1. The molecular formula is C24H21FN4O3S2. The fourth-order valence-electron chi connectivity index (χ4n) is 3.92. The number of halogens is 1. The Morgan fingerprint density at radius 1 is 1.24 bits per heavy atom. The first kappa shape index (κ1) is 22.7. The van der Waals surface area contributed by atoms with Gasteiger partial charge in [0.25, 0.3) is 11.5 Å². The molecule has 2 fully saturated rings. The fraction of sp³-hybridized carbons (Fsp3) is 0.250. The zero-order chi connectivity index (χ0) is 23.7. The van der Waals surface area contributed by atoms with Crippen LogP contribution in [0.3, 0.4) is 0 Å². The molecule has 2 aliphatic rings. The number of nitrogens with zero attached hydrogens (tertiary/aromatic N) is 3. The van der Waals surface area contributed by atoms with Gasteiger partial charge < -0.3 is 10.1 Å². The van der Waals surface area contributed by atoms with Crippen molar-refractivity contribution in [2.24, 2.45) is 0 Å². The van der Waals surface area contributed by atoms with Gasteiger partial charge in [-0.1, -0.05) is 42.2 Å². The van der Waals surface area contributed by atoms with Crippen LogP contribution in [0.15, 0.2) is 58.4 Å². The lowest BCUT2D eigenvalue weighted by molar-refractivity contribution is -0.122. The van der Waals surface area contributed by atoms with Crippen molar-refractivity contribution in [3.63, 3.8) is 0 Å². The maximum absolute atomic E-state index is 13.3. The van der Waals surface area contributed by atoms with Crippen molar-refractivity contribution < 1.29 is 13.9 Å². The number of carbonyl (C=O) groups excluding carboxylic acids is 1. The lowest BCUT2D eigenvalue weighted by Gasteiger charge is -2.15. The number of rotatable bonds is 6. The third-order valence-electron chi connectivity index (χ3n) is 5.69. The Morgan fingerprint density at radius 2 is 2.06 bits per heavy atom. The van der Waals surface area contributed by atoms with Crippen LogP contribution in [-0.4, -0.2) is 43.8 Å². The molecule has 0 saturated carbocycles. The smallest absolute Gasteiger partial charge is 0.267 e. The molecule has 0 bridgehead atoms. The van der Waals surface area contributed by atoms with Gasteiger partial charge in [-0.2, -0.15) is 0 Å². The molecule has 3 aromatic rings. The molecule has 2 aliphatic heterocycles. The van der Waals surface area contributed by atoms with Gasteiger partial charge in [-0.3, -0.25) is 18.9 Å². The molecule has 174 valence electrons. The monoisotopic (exact) mass is 496 g/mol. The second-order valence-corrected chi connectivity index (χ2v) is 9.69. The van der Waals surface area contributed by atoms with Crippen LogP contribution in [0, 0.1) is 5.82 Å². The van der Waals surface area contributed by atoms with Crippen molar-refractivity contribution in [3.05, 3.63) is 80.9 Å². The number of amides is 1. The average molecular weight is 497 g/mol. The summed E-state index contributed by atoms with van der Waals surface area (Å²) in [6.07, 6.45) is 5.20. The summed E-state index contributed by atoms with van der Waals surface area (Å²) in [7, 11) is 0. The quantitative estimate of drug-likeness (QED) is 0.411. The van der Waals surface area contributed by atoms with Crippen LogP contribution in [0.5, 0.6) is 0 Å². The van der Waals surface area contributed by atoms with Gasteiger partial charge in [-0.15, -0.1) is 0 Å². The van der Waals surface area contributed by atoms with E-state index in [-0.39, 0.29) is 35.5 Å². The first-order valence-electron chi connectivity index (χ1n) is 10.9. The molecule has 1 atom stereocenters. The van der Waals surface area contributed by atoms with Gasteiger partial charge in [0.15, 0.2) is 0 Å². The van der Waals surface area contributed by atoms with Gasteiger partial charge in [0, 0.05) is 19.3 Å². The second kappa shape index (κ2) is 9.65. The molecule has 7 nitrogen and oxygen atoms in total. The largest absolute Gasteiger partial charge is 0.376 e. The molecule has 0 radical (unpaired) electrons. The van der Waals surface area contributed by atoms with Crippen LogP contribution in [0.4, 0.5) is 10.2 Å². The van der Waals surface area contributed by atoms with Crippen molar-refractivity contribution in [1.29, 1.82) is 0 Å². The van der Waals surface area contributed by atoms with Crippen molar-refractivity contribution >= 4 is 51.7 Å². The maximum atomic E-state index is 13.3. The Balaban J connectivity index is 1.48. The van der Waals surface area contributed by atoms with Gasteiger partial charge >= 0.3 is 0 Å². The summed E-state index contributed by atoms with van der Waals surface area (Å²) in [6.45, 7) is 1.46. The van der Waals surface area contributed by atoms with E-state index < -0.39 is 0 Å². The summed E-state index contributed by atoms with van der Waals surface area (Å²) in [4.78, 5) is 32.9. The summed E-state index contributed by atoms with van der Waals surface area (Å²) in [6, 6.07) is 11.2. The molecule has 0 spiro atoms. The van der Waals surface area contributed by atoms with Crippen LogP contribution in [-0.2, 0) is 16.1 Å². The molecule has 10 heteroatoms. The van der Waals surface area contributed by atoms with Crippen molar-refractivity contribution in [2.75, 3.05) is 18.5 Å². The topological polar surface area (TPSA) is 75.9 Å². The van der Waals surface area contributed by atoms with E-state index in [1.165, 1.54) is 21.4 Å². The van der Waals surface area contributed by atoms with E-state index in [2.05, 4.69) is 10.3 Å². The highest BCUT2D eigenvalue weighted by Crippen LogP contribution is 2.34. The Kier molecular flexibility index (Phi) is 6.44. The van der Waals surface area contributed by atoms with E-state index >= 15 is 0 Å². The number of hydrogen-bond acceptors (Lipinski definition) is 7. The molecule has 0 aliphatic carbocycles. The third-order valence-corrected chi connectivity index (χ3v) is 7.07. The number of anilines is 1. The number of ether oxygens (including phenoxy) is 1. The van der Waals surface area contributed by atoms with Crippen LogP contribution >= 0.6 is 24.0 Å². The molecule has 1 aromatic carbocycles. The van der Waals surface area contributed by atoms with Crippen molar-refractivity contribution in [2.45, 2.75) is 25.5 Å². The van der Waals surface area contributed by atoms with E-state index in [9.17, 15) is 14.0 Å². The SMILES string of the molecule is O=C1/C(=C/c2c(NCC3CCCO3)nc3ccccn3c2=O)SC(=S)N1Cc1ccc(F)cc1. The van der Waals surface area contributed by atoms with E-state index in [1.807, 2.05) is 6.07 Å². The second-order valence-electron chi connectivity index (χ2n) is 8.02. The summed E-state index contributed by atoms with van der Waals surface area (Å²) in [5, 5.41) is 3.25. The molecule has 34 heavy (non-hydrogen) atoms. The number of aromatic nitrogens is 2. The number of thiocarbonyl (C=S) groups is 1. The molecule has 2 saturated heterocycles. The van der Waals surface area contributed by atoms with E-state index in [0.717, 1.165) is 36.8 Å². The van der Waals surface area contributed by atoms with E-state index in [0.29, 0.717) is 27.2 Å². The van der Waals surface area contributed by atoms with Gasteiger partial charge in [-0.25, -0.2) is 9.37 Å². The molecular weight excluding hydrogens is 475 g/mol. The Hall–Kier alpha value is -3.08. The minimum atomic E-state index is -0.346. The molecule has 5 rings (SSSR count). The molecule has 1 unspecified atom stereocenters. The number of hydrogen-bond donors (Lipinski definition) is 1. The molecule has 2 aromatic heterocycles. The zero-order valence-corrected chi connectivity index (χ0v) is 19.7. The lowest BCUT2D eigenvalue weighted by Crippen LogP contribution is -2.27. The van der Waals surface area contributed by atoms with Gasteiger partial charge in [0.2, 0.25) is 0 Å². The minimum absolute atomic E-state index is 0.0535. The number of carbonyl (C=O) groups is 1. The predicted octanol–water partition coefficient (Wildman–Crippen LogP) is 3.83. The average Bonchev–Trinajstić information content (AvgIpc) is 3.45.